The van der Waals surface area contributed by atoms with Crippen molar-refractivity contribution in [3.63, 3.8) is 0 Å². The number of aliphatic carboxylic acids is 1. The minimum absolute atomic E-state index is 0.116. The number of carbonyl (C=O) groups excluding carboxylic acids is 1. The predicted molar refractivity (Wildman–Crippen MR) is 60.5 cm³/mol. The largest absolute Gasteiger partial charge is 0.549 e. The highest BCUT2D eigenvalue weighted by Crippen LogP contribution is 2.42. The van der Waals surface area contributed by atoms with Gasteiger partial charge >= 0.3 is 6.18 Å². The molecule has 21 heavy (non-hydrogen) atoms. The number of thioether (sulfide) groups is 1. The number of benzene rings is 1. The Balaban J connectivity index is 3.55. The van der Waals surface area contributed by atoms with Crippen molar-refractivity contribution in [1.82, 2.24) is 0 Å². The van der Waals surface area contributed by atoms with Gasteiger partial charge in [-0.3, -0.25) is 20.2 Å². The molecule has 0 amide bonds. The Bertz CT molecular complexity index is 583. The summed E-state index contributed by atoms with van der Waals surface area (Å²) in [6, 6.07) is 0.231. The van der Waals surface area contributed by atoms with Crippen LogP contribution < -0.4 is 5.11 Å². The lowest BCUT2D eigenvalue weighted by atomic mass is 10.1. The van der Waals surface area contributed by atoms with Gasteiger partial charge in [0.05, 0.1) is 21.4 Å². The maximum atomic E-state index is 12.6. The van der Waals surface area contributed by atoms with Crippen LogP contribution in [0.5, 0.6) is 0 Å². The summed E-state index contributed by atoms with van der Waals surface area (Å²) >= 11 is 0.145. The second-order valence-corrected chi connectivity index (χ2v) is 4.50. The second kappa shape index (κ2) is 5.95. The van der Waals surface area contributed by atoms with Crippen LogP contribution in [0, 0.1) is 20.2 Å². The quantitative estimate of drug-likeness (QED) is 0.454. The van der Waals surface area contributed by atoms with Gasteiger partial charge in [0.15, 0.2) is 4.90 Å². The Labute approximate surface area is 117 Å². The first-order valence-corrected chi connectivity index (χ1v) is 5.89. The van der Waals surface area contributed by atoms with Gasteiger partial charge in [0.25, 0.3) is 11.4 Å². The van der Waals surface area contributed by atoms with E-state index in [-0.39, 0.29) is 23.9 Å². The number of hydrogen-bond acceptors (Lipinski definition) is 7. The van der Waals surface area contributed by atoms with Crippen LogP contribution >= 0.6 is 11.8 Å². The van der Waals surface area contributed by atoms with Crippen molar-refractivity contribution in [3.05, 3.63) is 37.9 Å². The lowest BCUT2D eigenvalue weighted by Gasteiger charge is -2.09. The molecule has 12 heteroatoms. The van der Waals surface area contributed by atoms with Gasteiger partial charge in [0.2, 0.25) is 0 Å². The molecule has 0 saturated carbocycles. The second-order valence-electron chi connectivity index (χ2n) is 3.52. The van der Waals surface area contributed by atoms with Gasteiger partial charge in [-0.1, -0.05) is 0 Å². The summed E-state index contributed by atoms with van der Waals surface area (Å²) in [6.45, 7) is 0. The first-order chi connectivity index (χ1) is 9.54. The van der Waals surface area contributed by atoms with Crippen LogP contribution in [-0.4, -0.2) is 21.6 Å². The molecule has 0 bridgehead atoms. The van der Waals surface area contributed by atoms with Gasteiger partial charge in [-0.05, 0) is 0 Å². The highest BCUT2D eigenvalue weighted by molar-refractivity contribution is 8.00. The smallest absolute Gasteiger partial charge is 0.416 e. The Kier molecular flexibility index (Phi) is 4.73. The fraction of sp³-hybridized carbons (Fsp3) is 0.222. The Morgan fingerprint density at radius 2 is 1.57 bits per heavy atom. The fourth-order valence-corrected chi connectivity index (χ4v) is 2.14. The molecule has 0 heterocycles. The van der Waals surface area contributed by atoms with Crippen molar-refractivity contribution < 1.29 is 32.9 Å². The van der Waals surface area contributed by atoms with E-state index in [0.717, 1.165) is 0 Å². The number of hydrogen-bond donors (Lipinski definition) is 0. The van der Waals surface area contributed by atoms with Crippen molar-refractivity contribution >= 4 is 29.1 Å². The van der Waals surface area contributed by atoms with E-state index in [1.807, 2.05) is 0 Å². The molecule has 0 spiro atoms. The molecule has 1 rings (SSSR count). The van der Waals surface area contributed by atoms with E-state index in [4.69, 9.17) is 0 Å². The van der Waals surface area contributed by atoms with Crippen LogP contribution in [0.2, 0.25) is 0 Å². The lowest BCUT2D eigenvalue weighted by Crippen LogP contribution is -2.24. The predicted octanol–water partition coefficient (Wildman–Crippen LogP) is 1.36. The average Bonchev–Trinajstić information content (AvgIpc) is 2.33. The van der Waals surface area contributed by atoms with Crippen LogP contribution in [0.15, 0.2) is 17.0 Å². The number of nitro benzene ring substituents is 2. The summed E-state index contributed by atoms with van der Waals surface area (Å²) in [7, 11) is 0. The molecule has 0 radical (unpaired) electrons. The fourth-order valence-electron chi connectivity index (χ4n) is 1.31. The zero-order valence-corrected chi connectivity index (χ0v) is 10.6. The van der Waals surface area contributed by atoms with Crippen LogP contribution in [0.4, 0.5) is 24.5 Å². The van der Waals surface area contributed by atoms with Crippen molar-refractivity contribution in [3.8, 4) is 0 Å². The lowest BCUT2D eigenvalue weighted by molar-refractivity contribution is -0.400. The number of nitro groups is 2. The molecule has 0 N–H and O–H groups in total. The van der Waals surface area contributed by atoms with Crippen LogP contribution in [-0.2, 0) is 11.0 Å². The first kappa shape index (κ1) is 16.7. The molecule has 8 nitrogen and oxygen atoms in total. The summed E-state index contributed by atoms with van der Waals surface area (Å²) in [4.78, 5) is 28.6. The van der Waals surface area contributed by atoms with E-state index in [1.54, 1.807) is 0 Å². The van der Waals surface area contributed by atoms with Crippen molar-refractivity contribution in [2.45, 2.75) is 11.1 Å². The van der Waals surface area contributed by atoms with Crippen LogP contribution in [0.1, 0.15) is 5.56 Å². The zero-order valence-electron chi connectivity index (χ0n) is 9.75. The molecule has 114 valence electrons. The number of carbonyl (C=O) groups is 1. The van der Waals surface area contributed by atoms with Crippen molar-refractivity contribution in [2.24, 2.45) is 0 Å². The Morgan fingerprint density at radius 1 is 1.14 bits per heavy atom. The van der Waals surface area contributed by atoms with Crippen molar-refractivity contribution in [2.75, 3.05) is 5.75 Å². The summed E-state index contributed by atoms with van der Waals surface area (Å²) < 4.78 is 37.7. The molecule has 0 aliphatic heterocycles. The normalized spacial score (nSPS) is 11.2. The van der Waals surface area contributed by atoms with Gasteiger partial charge in [-0.25, -0.2) is 0 Å². The highest BCUT2D eigenvalue weighted by Gasteiger charge is 2.37. The van der Waals surface area contributed by atoms with E-state index >= 15 is 0 Å². The number of alkyl halides is 3. The number of carboxylic acid groups (broad SMARTS) is 1. The Morgan fingerprint density at radius 3 is 1.86 bits per heavy atom. The zero-order chi connectivity index (χ0) is 16.4. The van der Waals surface area contributed by atoms with Gasteiger partial charge in [-0.2, -0.15) is 13.2 Å². The molecule has 0 aliphatic rings. The van der Waals surface area contributed by atoms with E-state index in [9.17, 15) is 43.3 Å². The van der Waals surface area contributed by atoms with Crippen LogP contribution in [0.3, 0.4) is 0 Å². The summed E-state index contributed by atoms with van der Waals surface area (Å²) in [5, 5.41) is 31.8. The maximum absolute atomic E-state index is 12.6. The number of rotatable bonds is 5. The highest BCUT2D eigenvalue weighted by atomic mass is 32.2. The number of nitrogens with zero attached hydrogens (tertiary/aromatic N) is 2. The third kappa shape index (κ3) is 4.05. The van der Waals surface area contributed by atoms with E-state index < -0.39 is 49.6 Å². The minimum atomic E-state index is -5.02. The van der Waals surface area contributed by atoms with E-state index in [0.29, 0.717) is 0 Å². The van der Waals surface area contributed by atoms with Crippen molar-refractivity contribution in [1.29, 1.82) is 0 Å². The molecule has 0 saturated heterocycles. The number of carboxylic acids is 1. The van der Waals surface area contributed by atoms with Gasteiger partial charge in [0, 0.05) is 17.9 Å². The molecule has 0 unspecified atom stereocenters. The summed E-state index contributed by atoms with van der Waals surface area (Å²) in [6.07, 6.45) is -5.02. The topological polar surface area (TPSA) is 126 Å². The van der Waals surface area contributed by atoms with Crippen LogP contribution in [0.25, 0.3) is 0 Å². The monoisotopic (exact) mass is 325 g/mol. The minimum Gasteiger partial charge on any atom is -0.549 e. The molecule has 1 aromatic rings. The SMILES string of the molecule is O=C([O-])CSc1c([N+](=O)[O-])cc(C(F)(F)F)cc1[N+](=O)[O-]. The Hall–Kier alpha value is -2.37. The summed E-state index contributed by atoms with van der Waals surface area (Å²) in [5.74, 6) is -2.56. The third-order valence-corrected chi connectivity index (χ3v) is 3.19. The maximum Gasteiger partial charge on any atom is 0.416 e. The molecule has 1 aromatic carbocycles. The van der Waals surface area contributed by atoms with E-state index in [2.05, 4.69) is 0 Å². The van der Waals surface area contributed by atoms with Gasteiger partial charge in [-0.15, -0.1) is 11.8 Å². The van der Waals surface area contributed by atoms with Gasteiger partial charge in [0.1, 0.15) is 0 Å². The summed E-state index contributed by atoms with van der Waals surface area (Å²) in [5.41, 5.74) is -3.95. The number of halogens is 3. The standard InChI is InChI=1S/C9H5F3N2O6S/c10-9(11,12)4-1-5(13(17)18)8(21-3-7(15)16)6(2-4)14(19)20/h1-2H,3H2,(H,15,16)/p-1. The molecule has 0 atom stereocenters. The molecular weight excluding hydrogens is 321 g/mol. The third-order valence-electron chi connectivity index (χ3n) is 2.10. The first-order valence-electron chi connectivity index (χ1n) is 4.90. The average molecular weight is 325 g/mol. The molecule has 0 fully saturated rings. The molecule has 0 aromatic heterocycles. The molecular formula is C9H4F3N2O6S-. The molecule has 0 aliphatic carbocycles. The van der Waals surface area contributed by atoms with E-state index in [1.165, 1.54) is 0 Å². The van der Waals surface area contributed by atoms with Gasteiger partial charge < -0.3 is 9.90 Å².